The van der Waals surface area contributed by atoms with E-state index < -0.39 is 29.5 Å². The topological polar surface area (TPSA) is 9.23 Å². The summed E-state index contributed by atoms with van der Waals surface area (Å²) in [7, 11) is 0. The highest BCUT2D eigenvalue weighted by atomic mass is 19.3. The standard InChI is InChI=1S/C36H40F6O/c1-2-3-4-5-23-6-8-24(9-7-23)26-12-17-30(33(38)20-26)25-10-14-28(15-11-25)36(41,42)43-29-16-18-31(34(39)22-29)27-13-19-32(37)35(40)21-27/h12-13,16-25,28H,2-11,14-15H2,1H3. The van der Waals surface area contributed by atoms with Crippen LogP contribution in [0, 0.1) is 35.1 Å². The second-order valence-corrected chi connectivity index (χ2v) is 12.5. The summed E-state index contributed by atoms with van der Waals surface area (Å²) in [4.78, 5) is 0. The van der Waals surface area contributed by atoms with Crippen LogP contribution in [0.1, 0.15) is 107 Å². The number of ether oxygens (including phenoxy) is 1. The molecule has 232 valence electrons. The minimum Gasteiger partial charge on any atom is -0.432 e. The van der Waals surface area contributed by atoms with Crippen LogP contribution in [0.2, 0.25) is 0 Å². The predicted molar refractivity (Wildman–Crippen MR) is 157 cm³/mol. The fraction of sp³-hybridized carbons (Fsp3) is 0.500. The Hall–Kier alpha value is -2.96. The molecule has 0 heterocycles. The van der Waals surface area contributed by atoms with Gasteiger partial charge in [0.1, 0.15) is 17.4 Å². The van der Waals surface area contributed by atoms with Crippen LogP contribution in [0.15, 0.2) is 54.6 Å². The first kappa shape index (κ1) is 31.5. The average molecular weight is 603 g/mol. The molecule has 0 atom stereocenters. The molecule has 3 aromatic carbocycles. The van der Waals surface area contributed by atoms with Crippen LogP contribution in [0.3, 0.4) is 0 Å². The minimum absolute atomic E-state index is 0.0572. The highest BCUT2D eigenvalue weighted by molar-refractivity contribution is 5.65. The summed E-state index contributed by atoms with van der Waals surface area (Å²) >= 11 is 0. The summed E-state index contributed by atoms with van der Waals surface area (Å²) < 4.78 is 92.0. The van der Waals surface area contributed by atoms with Crippen molar-refractivity contribution in [3.8, 4) is 16.9 Å². The molecule has 1 nitrogen and oxygen atoms in total. The summed E-state index contributed by atoms with van der Waals surface area (Å²) in [5.74, 6) is -3.74. The Balaban J connectivity index is 1.15. The van der Waals surface area contributed by atoms with Gasteiger partial charge in [0.25, 0.3) is 0 Å². The second kappa shape index (κ2) is 13.8. The Labute approximate surface area is 250 Å². The Kier molecular flexibility index (Phi) is 10.1. The van der Waals surface area contributed by atoms with Gasteiger partial charge in [-0.2, -0.15) is 8.78 Å². The van der Waals surface area contributed by atoms with Crippen LogP contribution in [0.4, 0.5) is 26.3 Å². The number of hydrogen-bond donors (Lipinski definition) is 0. The zero-order valence-electron chi connectivity index (χ0n) is 24.7. The van der Waals surface area contributed by atoms with Crippen molar-refractivity contribution >= 4 is 0 Å². The summed E-state index contributed by atoms with van der Waals surface area (Å²) in [5.41, 5.74) is 1.66. The molecule has 5 rings (SSSR count). The number of rotatable bonds is 10. The highest BCUT2D eigenvalue weighted by Crippen LogP contribution is 2.45. The molecule has 0 N–H and O–H groups in total. The first-order valence-electron chi connectivity index (χ1n) is 15.8. The van der Waals surface area contributed by atoms with Crippen LogP contribution in [-0.4, -0.2) is 6.11 Å². The zero-order chi connectivity index (χ0) is 30.6. The quantitative estimate of drug-likeness (QED) is 0.166. The molecule has 0 radical (unpaired) electrons. The van der Waals surface area contributed by atoms with Gasteiger partial charge in [0.05, 0.1) is 5.92 Å². The van der Waals surface area contributed by atoms with E-state index in [1.165, 1.54) is 56.7 Å². The molecule has 2 saturated carbocycles. The number of halogens is 6. The maximum atomic E-state index is 15.3. The van der Waals surface area contributed by atoms with E-state index in [1.807, 2.05) is 12.1 Å². The largest absolute Gasteiger partial charge is 0.432 e. The molecular weight excluding hydrogens is 562 g/mol. The first-order valence-corrected chi connectivity index (χ1v) is 15.8. The van der Waals surface area contributed by atoms with Crippen molar-refractivity contribution in [3.05, 3.63) is 89.0 Å². The highest BCUT2D eigenvalue weighted by Gasteiger charge is 2.44. The van der Waals surface area contributed by atoms with Gasteiger partial charge in [-0.25, -0.2) is 17.6 Å². The molecule has 2 fully saturated rings. The van der Waals surface area contributed by atoms with Gasteiger partial charge in [0, 0.05) is 11.6 Å². The van der Waals surface area contributed by atoms with E-state index in [1.54, 1.807) is 6.07 Å². The van der Waals surface area contributed by atoms with Crippen molar-refractivity contribution in [2.45, 2.75) is 102 Å². The van der Waals surface area contributed by atoms with E-state index in [0.717, 1.165) is 42.5 Å². The minimum atomic E-state index is -3.54. The van der Waals surface area contributed by atoms with Gasteiger partial charge in [0.15, 0.2) is 11.6 Å². The van der Waals surface area contributed by atoms with E-state index in [4.69, 9.17) is 4.74 Å². The Bertz CT molecular complexity index is 1370. The van der Waals surface area contributed by atoms with E-state index >= 15 is 13.2 Å². The summed E-state index contributed by atoms with van der Waals surface area (Å²) in [6, 6.07) is 11.7. The van der Waals surface area contributed by atoms with Crippen LogP contribution in [-0.2, 0) is 0 Å². The molecule has 0 bridgehead atoms. The van der Waals surface area contributed by atoms with Crippen LogP contribution in [0.5, 0.6) is 5.75 Å². The number of benzene rings is 3. The molecule has 43 heavy (non-hydrogen) atoms. The van der Waals surface area contributed by atoms with E-state index in [0.29, 0.717) is 24.3 Å². The molecule has 0 spiro atoms. The van der Waals surface area contributed by atoms with E-state index in [9.17, 15) is 13.2 Å². The Morgan fingerprint density at radius 1 is 0.674 bits per heavy atom. The fourth-order valence-electron chi connectivity index (χ4n) is 7.03. The molecule has 0 aliphatic heterocycles. The van der Waals surface area contributed by atoms with Crippen molar-refractivity contribution in [1.82, 2.24) is 0 Å². The normalized spacial score (nSPS) is 22.9. The third-order valence-electron chi connectivity index (χ3n) is 9.63. The number of alkyl halides is 2. The molecule has 0 amide bonds. The van der Waals surface area contributed by atoms with Gasteiger partial charge < -0.3 is 4.74 Å². The summed E-state index contributed by atoms with van der Waals surface area (Å²) in [6.07, 6.45) is 7.26. The zero-order valence-corrected chi connectivity index (χ0v) is 24.7. The van der Waals surface area contributed by atoms with Gasteiger partial charge in [-0.1, -0.05) is 50.8 Å². The maximum Gasteiger partial charge on any atom is 0.400 e. The van der Waals surface area contributed by atoms with Crippen LogP contribution in [0.25, 0.3) is 11.1 Å². The average Bonchev–Trinajstić information content (AvgIpc) is 2.99. The summed E-state index contributed by atoms with van der Waals surface area (Å²) in [5, 5.41) is 0. The lowest BCUT2D eigenvalue weighted by atomic mass is 9.75. The number of hydrogen-bond acceptors (Lipinski definition) is 1. The maximum absolute atomic E-state index is 15.3. The lowest BCUT2D eigenvalue weighted by molar-refractivity contribution is -0.222. The Morgan fingerprint density at radius 2 is 1.40 bits per heavy atom. The monoisotopic (exact) mass is 602 g/mol. The lowest BCUT2D eigenvalue weighted by Crippen LogP contribution is -2.37. The van der Waals surface area contributed by atoms with Crippen LogP contribution < -0.4 is 4.74 Å². The van der Waals surface area contributed by atoms with Gasteiger partial charge >= 0.3 is 6.11 Å². The molecule has 0 saturated heterocycles. The van der Waals surface area contributed by atoms with Crippen molar-refractivity contribution in [2.24, 2.45) is 11.8 Å². The molecule has 0 aromatic heterocycles. The fourth-order valence-corrected chi connectivity index (χ4v) is 7.03. The molecule has 0 unspecified atom stereocenters. The van der Waals surface area contributed by atoms with Gasteiger partial charge in [0.2, 0.25) is 0 Å². The number of unbranched alkanes of at least 4 members (excludes halogenated alkanes) is 2. The predicted octanol–water partition coefficient (Wildman–Crippen LogP) is 11.7. The van der Waals surface area contributed by atoms with Gasteiger partial charge in [-0.3, -0.25) is 0 Å². The molecule has 2 aliphatic rings. The molecule has 7 heteroatoms. The van der Waals surface area contributed by atoms with E-state index in [2.05, 4.69) is 6.92 Å². The Morgan fingerprint density at radius 3 is 2.05 bits per heavy atom. The SMILES string of the molecule is CCCCCC1CCC(c2ccc(C3CCC(C(F)(F)Oc4ccc(-c5ccc(F)c(F)c5)c(F)c4)CC3)c(F)c2)CC1. The van der Waals surface area contributed by atoms with Gasteiger partial charge in [-0.05, 0) is 116 Å². The third-order valence-corrected chi connectivity index (χ3v) is 9.63. The third kappa shape index (κ3) is 7.58. The van der Waals surface area contributed by atoms with E-state index in [-0.39, 0.29) is 41.5 Å². The van der Waals surface area contributed by atoms with Gasteiger partial charge in [-0.15, -0.1) is 0 Å². The smallest absolute Gasteiger partial charge is 0.400 e. The molecule has 3 aromatic rings. The first-order chi connectivity index (χ1) is 20.6. The summed E-state index contributed by atoms with van der Waals surface area (Å²) in [6.45, 7) is 2.22. The molecule has 2 aliphatic carbocycles. The van der Waals surface area contributed by atoms with Crippen molar-refractivity contribution < 1.29 is 31.1 Å². The van der Waals surface area contributed by atoms with Crippen molar-refractivity contribution in [1.29, 1.82) is 0 Å². The van der Waals surface area contributed by atoms with Crippen molar-refractivity contribution in [2.75, 3.05) is 0 Å². The van der Waals surface area contributed by atoms with Crippen molar-refractivity contribution in [3.63, 3.8) is 0 Å². The lowest BCUT2D eigenvalue weighted by Gasteiger charge is -2.34. The molecular formula is C36H40F6O. The van der Waals surface area contributed by atoms with Crippen LogP contribution >= 0.6 is 0 Å². The second-order valence-electron chi connectivity index (χ2n) is 12.5.